The minimum atomic E-state index is -3.60. The van der Waals surface area contributed by atoms with Crippen molar-refractivity contribution in [1.82, 2.24) is 0 Å². The van der Waals surface area contributed by atoms with Crippen LogP contribution in [0.1, 0.15) is 6.99 Å². The van der Waals surface area contributed by atoms with Crippen molar-refractivity contribution < 1.29 is 14.6 Å². The van der Waals surface area contributed by atoms with Crippen molar-refractivity contribution >= 4 is 21.4 Å². The maximum atomic E-state index is 12.6. The van der Waals surface area contributed by atoms with Crippen molar-refractivity contribution in [2.75, 3.05) is 5.32 Å². The van der Waals surface area contributed by atoms with Gasteiger partial charge in [0.05, 0.1) is 9.79 Å². The molecular formula is C16H17NO3S. The number of carbonyl (C=O) groups is 1. The Morgan fingerprint density at radius 2 is 1.76 bits per heavy atom. The minimum absolute atomic E-state index is 0. The summed E-state index contributed by atoms with van der Waals surface area (Å²) >= 11 is 0. The standard InChI is InChI=1S/C16H15NO3S.H2/c1-3-16(18)17-13-7-5-9-15(11-13)21(19,20)14-8-4-6-12(2)10-14;/h3-11H,1H2,2H3,(H,17,18);1H. The van der Waals surface area contributed by atoms with Crippen molar-refractivity contribution in [3.8, 4) is 0 Å². The molecule has 0 heterocycles. The summed E-state index contributed by atoms with van der Waals surface area (Å²) in [5.41, 5.74) is 1.28. The van der Waals surface area contributed by atoms with E-state index >= 15 is 0 Å². The zero-order chi connectivity index (χ0) is 15.5. The highest BCUT2D eigenvalue weighted by Crippen LogP contribution is 2.23. The Balaban J connectivity index is 0.00000242. The fourth-order valence-corrected chi connectivity index (χ4v) is 3.26. The van der Waals surface area contributed by atoms with Gasteiger partial charge in [-0.2, -0.15) is 0 Å². The summed E-state index contributed by atoms with van der Waals surface area (Å²) in [6, 6.07) is 12.8. The molecule has 0 aromatic heterocycles. The minimum Gasteiger partial charge on any atom is -0.322 e. The van der Waals surface area contributed by atoms with Gasteiger partial charge in [-0.15, -0.1) is 0 Å². The van der Waals surface area contributed by atoms with E-state index < -0.39 is 9.84 Å². The third-order valence-electron chi connectivity index (χ3n) is 2.90. The highest BCUT2D eigenvalue weighted by atomic mass is 32.2. The molecule has 2 aromatic carbocycles. The highest BCUT2D eigenvalue weighted by molar-refractivity contribution is 7.91. The second-order valence-electron chi connectivity index (χ2n) is 4.54. The molecule has 2 rings (SSSR count). The number of rotatable bonds is 4. The number of benzene rings is 2. The van der Waals surface area contributed by atoms with Gasteiger partial charge in [0, 0.05) is 7.11 Å². The maximum Gasteiger partial charge on any atom is 0.247 e. The lowest BCUT2D eigenvalue weighted by Gasteiger charge is -2.08. The van der Waals surface area contributed by atoms with Crippen molar-refractivity contribution in [3.63, 3.8) is 0 Å². The molecule has 0 spiro atoms. The van der Waals surface area contributed by atoms with E-state index in [4.69, 9.17) is 0 Å². The Morgan fingerprint density at radius 1 is 1.14 bits per heavy atom. The first-order valence-electron chi connectivity index (χ1n) is 6.29. The van der Waals surface area contributed by atoms with Crippen LogP contribution >= 0.6 is 0 Å². The summed E-state index contributed by atoms with van der Waals surface area (Å²) in [4.78, 5) is 11.6. The van der Waals surface area contributed by atoms with E-state index in [0.29, 0.717) is 5.69 Å². The number of nitrogens with one attached hydrogen (secondary N) is 1. The van der Waals surface area contributed by atoms with E-state index in [0.717, 1.165) is 11.6 Å². The largest absolute Gasteiger partial charge is 0.322 e. The molecule has 0 saturated heterocycles. The van der Waals surface area contributed by atoms with Gasteiger partial charge < -0.3 is 5.32 Å². The SMILES string of the molecule is C=CC(=O)Nc1cccc(S(=O)(=O)c2cccc(C)c2)c1.[HH]. The Labute approximate surface area is 125 Å². The fourth-order valence-electron chi connectivity index (χ4n) is 1.85. The zero-order valence-electron chi connectivity index (χ0n) is 11.5. The van der Waals surface area contributed by atoms with Gasteiger partial charge in [0.1, 0.15) is 0 Å². The molecule has 0 bridgehead atoms. The van der Waals surface area contributed by atoms with Crippen LogP contribution in [0.4, 0.5) is 5.69 Å². The first-order valence-corrected chi connectivity index (χ1v) is 7.77. The monoisotopic (exact) mass is 303 g/mol. The first kappa shape index (κ1) is 15.0. The third-order valence-corrected chi connectivity index (χ3v) is 4.65. The van der Waals surface area contributed by atoms with E-state index in [9.17, 15) is 13.2 Å². The second kappa shape index (κ2) is 5.93. The third kappa shape index (κ3) is 3.38. The van der Waals surface area contributed by atoms with Gasteiger partial charge in [-0.05, 0) is 48.9 Å². The van der Waals surface area contributed by atoms with Crippen LogP contribution in [0.15, 0.2) is 71.0 Å². The van der Waals surface area contributed by atoms with E-state index in [2.05, 4.69) is 11.9 Å². The lowest BCUT2D eigenvalue weighted by atomic mass is 10.2. The van der Waals surface area contributed by atoms with Gasteiger partial charge in [0.25, 0.3) is 0 Å². The van der Waals surface area contributed by atoms with E-state index in [-0.39, 0.29) is 17.1 Å². The number of hydrogen-bond acceptors (Lipinski definition) is 3. The first-order chi connectivity index (χ1) is 9.93. The van der Waals surface area contributed by atoms with Crippen LogP contribution in [-0.2, 0) is 14.6 Å². The molecule has 0 radical (unpaired) electrons. The molecule has 21 heavy (non-hydrogen) atoms. The Hall–Kier alpha value is -2.40. The summed E-state index contributed by atoms with van der Waals surface area (Å²) in [7, 11) is -3.60. The van der Waals surface area contributed by atoms with Crippen LogP contribution in [0.25, 0.3) is 0 Å². The maximum absolute atomic E-state index is 12.6. The topological polar surface area (TPSA) is 63.2 Å². The lowest BCUT2D eigenvalue weighted by molar-refractivity contribution is -0.111. The molecule has 0 aliphatic heterocycles. The van der Waals surface area contributed by atoms with Crippen LogP contribution in [0.5, 0.6) is 0 Å². The molecule has 110 valence electrons. The van der Waals surface area contributed by atoms with Gasteiger partial charge in [-0.25, -0.2) is 8.42 Å². The average molecular weight is 303 g/mol. The van der Waals surface area contributed by atoms with Gasteiger partial charge >= 0.3 is 0 Å². The summed E-state index contributed by atoms with van der Waals surface area (Å²) in [5, 5.41) is 2.55. The zero-order valence-corrected chi connectivity index (χ0v) is 12.4. The number of anilines is 1. The van der Waals surface area contributed by atoms with Gasteiger partial charge in [0.15, 0.2) is 0 Å². The summed E-state index contributed by atoms with van der Waals surface area (Å²) in [6.45, 7) is 5.19. The van der Waals surface area contributed by atoms with Crippen LogP contribution in [-0.4, -0.2) is 14.3 Å². The molecule has 0 unspecified atom stereocenters. The molecule has 1 N–H and O–H groups in total. The smallest absolute Gasteiger partial charge is 0.247 e. The Bertz CT molecular complexity index is 801. The van der Waals surface area contributed by atoms with Gasteiger partial charge in [0.2, 0.25) is 15.7 Å². The van der Waals surface area contributed by atoms with Crippen LogP contribution in [0.3, 0.4) is 0 Å². The summed E-state index contributed by atoms with van der Waals surface area (Å²) in [5.74, 6) is -0.389. The van der Waals surface area contributed by atoms with Crippen molar-refractivity contribution in [2.24, 2.45) is 0 Å². The lowest BCUT2D eigenvalue weighted by Crippen LogP contribution is -2.08. The van der Waals surface area contributed by atoms with E-state index in [1.165, 1.54) is 12.1 Å². The van der Waals surface area contributed by atoms with Crippen molar-refractivity contribution in [3.05, 3.63) is 66.7 Å². The van der Waals surface area contributed by atoms with Crippen LogP contribution in [0, 0.1) is 6.92 Å². The second-order valence-corrected chi connectivity index (χ2v) is 6.49. The molecule has 5 heteroatoms. The highest BCUT2D eigenvalue weighted by Gasteiger charge is 2.18. The van der Waals surface area contributed by atoms with Gasteiger partial charge in [-0.1, -0.05) is 24.8 Å². The molecule has 0 aliphatic rings. The molecule has 0 saturated carbocycles. The number of sulfone groups is 1. The van der Waals surface area contributed by atoms with Crippen molar-refractivity contribution in [2.45, 2.75) is 16.7 Å². The predicted molar refractivity (Wildman–Crippen MR) is 84.0 cm³/mol. The Morgan fingerprint density at radius 3 is 2.38 bits per heavy atom. The molecule has 0 fully saturated rings. The molecule has 1 amide bonds. The molecule has 2 aromatic rings. The Kier molecular flexibility index (Phi) is 4.23. The van der Waals surface area contributed by atoms with Crippen LogP contribution < -0.4 is 5.32 Å². The van der Waals surface area contributed by atoms with Crippen molar-refractivity contribution in [1.29, 1.82) is 0 Å². The number of hydrogen-bond donors (Lipinski definition) is 1. The average Bonchev–Trinajstić information content (AvgIpc) is 2.47. The molecule has 4 nitrogen and oxygen atoms in total. The number of aryl methyl sites for hydroxylation is 1. The van der Waals surface area contributed by atoms with Crippen LogP contribution in [0.2, 0.25) is 0 Å². The molecule has 0 atom stereocenters. The van der Waals surface area contributed by atoms with E-state index in [1.807, 2.05) is 13.0 Å². The number of carbonyl (C=O) groups excluding carboxylic acids is 1. The quantitative estimate of drug-likeness (QED) is 0.882. The summed E-state index contributed by atoms with van der Waals surface area (Å²) in [6.07, 6.45) is 1.13. The predicted octanol–water partition coefficient (Wildman–Crippen LogP) is 3.20. The normalized spacial score (nSPS) is 10.9. The number of amides is 1. The fraction of sp³-hybridized carbons (Fsp3) is 0.0625. The van der Waals surface area contributed by atoms with Gasteiger partial charge in [-0.3, -0.25) is 4.79 Å². The van der Waals surface area contributed by atoms with E-state index in [1.54, 1.807) is 30.3 Å². The molecule has 0 aliphatic carbocycles. The summed E-state index contributed by atoms with van der Waals surface area (Å²) < 4.78 is 25.1. The molecular weight excluding hydrogens is 286 g/mol.